The lowest BCUT2D eigenvalue weighted by molar-refractivity contribution is -0.137. The molecule has 2 rings (SSSR count). The van der Waals surface area contributed by atoms with E-state index in [0.717, 1.165) is 24.3 Å². The molecule has 2 aromatic rings. The maximum absolute atomic E-state index is 12.0. The predicted molar refractivity (Wildman–Crippen MR) is 84.9 cm³/mol. The van der Waals surface area contributed by atoms with Gasteiger partial charge in [0.1, 0.15) is 0 Å². The maximum atomic E-state index is 12.0. The Hall–Kier alpha value is -2.25. The zero-order valence-corrected chi connectivity index (χ0v) is 13.4. The van der Waals surface area contributed by atoms with Gasteiger partial charge in [0, 0.05) is 5.56 Å². The van der Waals surface area contributed by atoms with Gasteiger partial charge in [-0.15, -0.1) is 0 Å². The van der Waals surface area contributed by atoms with Gasteiger partial charge in [-0.3, -0.25) is 9.59 Å². The molecule has 9 heteroatoms. The van der Waals surface area contributed by atoms with E-state index in [4.69, 9.17) is 34.7 Å². The summed E-state index contributed by atoms with van der Waals surface area (Å²) in [6, 6.07) is 8.51. The first-order valence-electron chi connectivity index (χ1n) is 6.25. The number of nitrogens with two attached hydrogens (primary N) is 2. The average molecular weight is 379 g/mol. The van der Waals surface area contributed by atoms with Gasteiger partial charge in [0.2, 0.25) is 5.91 Å². The van der Waals surface area contributed by atoms with E-state index >= 15 is 0 Å². The van der Waals surface area contributed by atoms with Crippen LogP contribution in [0.3, 0.4) is 0 Å². The van der Waals surface area contributed by atoms with Crippen LogP contribution in [0, 0.1) is 0 Å². The molecule has 0 aliphatic rings. The number of amides is 2. The van der Waals surface area contributed by atoms with Crippen molar-refractivity contribution in [3.8, 4) is 0 Å². The van der Waals surface area contributed by atoms with Crippen molar-refractivity contribution in [1.82, 2.24) is 0 Å². The summed E-state index contributed by atoms with van der Waals surface area (Å²) in [6.45, 7) is 0. The molecule has 2 aromatic carbocycles. The fourth-order valence-electron chi connectivity index (χ4n) is 1.56. The lowest BCUT2D eigenvalue weighted by Gasteiger charge is -2.05. The topological polar surface area (TPSA) is 86.2 Å². The van der Waals surface area contributed by atoms with Crippen molar-refractivity contribution in [2.45, 2.75) is 6.18 Å². The van der Waals surface area contributed by atoms with Crippen LogP contribution in [-0.4, -0.2) is 11.8 Å². The second-order valence-electron chi connectivity index (χ2n) is 4.40. The molecule has 2 amide bonds. The van der Waals surface area contributed by atoms with E-state index in [1.807, 2.05) is 0 Å². The molecule has 0 radical (unpaired) electrons. The quantitative estimate of drug-likeness (QED) is 0.829. The van der Waals surface area contributed by atoms with Crippen LogP contribution in [0.1, 0.15) is 26.3 Å². The van der Waals surface area contributed by atoms with Crippen molar-refractivity contribution in [2.24, 2.45) is 11.5 Å². The van der Waals surface area contributed by atoms with Crippen LogP contribution >= 0.6 is 23.2 Å². The van der Waals surface area contributed by atoms with E-state index in [1.165, 1.54) is 0 Å². The molecule has 0 heterocycles. The molecule has 0 atom stereocenters. The van der Waals surface area contributed by atoms with Crippen molar-refractivity contribution in [2.75, 3.05) is 0 Å². The molecule has 0 aliphatic carbocycles. The zero-order valence-electron chi connectivity index (χ0n) is 11.9. The lowest BCUT2D eigenvalue weighted by atomic mass is 10.1. The van der Waals surface area contributed by atoms with E-state index < -0.39 is 23.6 Å². The molecule has 24 heavy (non-hydrogen) atoms. The second kappa shape index (κ2) is 8.03. The molecule has 0 aromatic heterocycles. The molecule has 4 N–H and O–H groups in total. The minimum atomic E-state index is -4.38. The monoisotopic (exact) mass is 378 g/mol. The summed E-state index contributed by atoms with van der Waals surface area (Å²) in [5.74, 6) is -1.35. The van der Waals surface area contributed by atoms with Gasteiger partial charge < -0.3 is 11.5 Å². The third kappa shape index (κ3) is 5.43. The number of primary amides is 2. The van der Waals surface area contributed by atoms with E-state index in [0.29, 0.717) is 0 Å². The minimum absolute atomic E-state index is 0.0630. The second-order valence-corrected chi connectivity index (χ2v) is 5.21. The third-order valence-corrected chi connectivity index (χ3v) is 3.34. The Morgan fingerprint density at radius 2 is 1.29 bits per heavy atom. The third-order valence-electron chi connectivity index (χ3n) is 2.71. The van der Waals surface area contributed by atoms with Crippen LogP contribution in [0.15, 0.2) is 42.5 Å². The molecular formula is C15H11Cl2F3N2O2. The summed E-state index contributed by atoms with van der Waals surface area (Å²) < 4.78 is 36.0. The Morgan fingerprint density at radius 1 is 0.833 bits per heavy atom. The summed E-state index contributed by atoms with van der Waals surface area (Å²) in [4.78, 5) is 21.2. The molecule has 0 fully saturated rings. The lowest BCUT2D eigenvalue weighted by Crippen LogP contribution is -2.12. The van der Waals surface area contributed by atoms with Gasteiger partial charge in [0.05, 0.1) is 21.2 Å². The SMILES string of the molecule is NC(=O)c1c(Cl)cccc1Cl.NC(=O)c1ccc(C(F)(F)F)cc1. The average Bonchev–Trinajstić information content (AvgIpc) is 2.46. The first-order valence-corrected chi connectivity index (χ1v) is 7.00. The Kier molecular flexibility index (Phi) is 6.62. The Bertz CT molecular complexity index is 727. The summed E-state index contributed by atoms with van der Waals surface area (Å²) in [5, 5.41) is 0.565. The first kappa shape index (κ1) is 19.8. The largest absolute Gasteiger partial charge is 0.416 e. The summed E-state index contributed by atoms with van der Waals surface area (Å²) in [7, 11) is 0. The number of benzene rings is 2. The standard InChI is InChI=1S/C8H6F3NO.C7H5Cl2NO/c9-8(10,11)6-3-1-5(2-4-6)7(12)13;8-4-2-1-3-5(9)6(4)7(10)11/h1-4H,(H2,12,13);1-3H,(H2,10,11). The van der Waals surface area contributed by atoms with Crippen molar-refractivity contribution < 1.29 is 22.8 Å². The van der Waals surface area contributed by atoms with E-state index in [1.54, 1.807) is 18.2 Å². The van der Waals surface area contributed by atoms with Crippen molar-refractivity contribution in [3.05, 3.63) is 69.2 Å². The van der Waals surface area contributed by atoms with Gasteiger partial charge in [-0.2, -0.15) is 13.2 Å². The van der Waals surface area contributed by atoms with Gasteiger partial charge in [-0.1, -0.05) is 29.3 Å². The van der Waals surface area contributed by atoms with E-state index in [9.17, 15) is 22.8 Å². The van der Waals surface area contributed by atoms with Crippen LogP contribution in [0.4, 0.5) is 13.2 Å². The highest BCUT2D eigenvalue weighted by Gasteiger charge is 2.30. The smallest absolute Gasteiger partial charge is 0.366 e. The highest BCUT2D eigenvalue weighted by atomic mass is 35.5. The van der Waals surface area contributed by atoms with Crippen LogP contribution in [-0.2, 0) is 6.18 Å². The molecule has 0 spiro atoms. The predicted octanol–water partition coefficient (Wildman–Crippen LogP) is 3.90. The molecule has 0 saturated heterocycles. The van der Waals surface area contributed by atoms with E-state index in [2.05, 4.69) is 0 Å². The number of hydrogen-bond donors (Lipinski definition) is 2. The maximum Gasteiger partial charge on any atom is 0.416 e. The number of halogens is 5. The van der Waals surface area contributed by atoms with Crippen LogP contribution in [0.25, 0.3) is 0 Å². The fraction of sp³-hybridized carbons (Fsp3) is 0.0667. The van der Waals surface area contributed by atoms with Crippen molar-refractivity contribution in [3.63, 3.8) is 0 Å². The Morgan fingerprint density at radius 3 is 1.58 bits per heavy atom. The van der Waals surface area contributed by atoms with Crippen LogP contribution in [0.2, 0.25) is 10.0 Å². The van der Waals surface area contributed by atoms with Gasteiger partial charge in [-0.25, -0.2) is 0 Å². The van der Waals surface area contributed by atoms with E-state index in [-0.39, 0.29) is 21.2 Å². The van der Waals surface area contributed by atoms with Crippen LogP contribution in [0.5, 0.6) is 0 Å². The molecule has 0 aliphatic heterocycles. The first-order chi connectivity index (χ1) is 11.0. The number of alkyl halides is 3. The molecule has 128 valence electrons. The molecule has 0 bridgehead atoms. The number of rotatable bonds is 2. The molecule has 0 unspecified atom stereocenters. The minimum Gasteiger partial charge on any atom is -0.366 e. The van der Waals surface area contributed by atoms with Gasteiger partial charge in [0.25, 0.3) is 5.91 Å². The summed E-state index contributed by atoms with van der Waals surface area (Å²) in [5.41, 5.74) is 9.31. The summed E-state index contributed by atoms with van der Waals surface area (Å²) in [6.07, 6.45) is -4.38. The van der Waals surface area contributed by atoms with Gasteiger partial charge in [-0.05, 0) is 36.4 Å². The number of carbonyl (C=O) groups excluding carboxylic acids is 2. The van der Waals surface area contributed by atoms with Crippen molar-refractivity contribution >= 4 is 35.0 Å². The number of carbonyl (C=O) groups is 2. The van der Waals surface area contributed by atoms with Crippen molar-refractivity contribution in [1.29, 1.82) is 0 Å². The Labute approximate surface area is 145 Å². The number of hydrogen-bond acceptors (Lipinski definition) is 2. The van der Waals surface area contributed by atoms with Crippen LogP contribution < -0.4 is 11.5 Å². The van der Waals surface area contributed by atoms with Gasteiger partial charge in [0.15, 0.2) is 0 Å². The molecule has 0 saturated carbocycles. The normalized spacial score (nSPS) is 10.5. The highest BCUT2D eigenvalue weighted by Crippen LogP contribution is 2.29. The Balaban J connectivity index is 0.000000243. The van der Waals surface area contributed by atoms with Gasteiger partial charge >= 0.3 is 6.18 Å². The zero-order chi connectivity index (χ0) is 18.5. The summed E-state index contributed by atoms with van der Waals surface area (Å²) >= 11 is 11.3. The highest BCUT2D eigenvalue weighted by molar-refractivity contribution is 6.39. The molecule has 4 nitrogen and oxygen atoms in total. The molecular weight excluding hydrogens is 368 g/mol. The fourth-order valence-corrected chi connectivity index (χ4v) is 2.14.